The standard InChI is InChI=1S/C10H6N4/c11-4-8-3-10(6-12-5-8)9-1-2-13-14-7-9/h1-3,5-7H. The minimum Gasteiger partial charge on any atom is -0.263 e. The highest BCUT2D eigenvalue weighted by molar-refractivity contribution is 5.62. The predicted molar refractivity (Wildman–Crippen MR) is 50.0 cm³/mol. The Morgan fingerprint density at radius 3 is 2.71 bits per heavy atom. The first kappa shape index (κ1) is 8.32. The second-order valence-corrected chi connectivity index (χ2v) is 2.71. The van der Waals surface area contributed by atoms with Gasteiger partial charge in [0, 0.05) is 23.5 Å². The third-order valence-electron chi connectivity index (χ3n) is 1.78. The van der Waals surface area contributed by atoms with E-state index in [9.17, 15) is 0 Å². The zero-order valence-electron chi connectivity index (χ0n) is 7.25. The van der Waals surface area contributed by atoms with Crippen molar-refractivity contribution in [2.45, 2.75) is 0 Å². The van der Waals surface area contributed by atoms with Crippen molar-refractivity contribution < 1.29 is 0 Å². The minimum absolute atomic E-state index is 0.541. The molecule has 2 heterocycles. The lowest BCUT2D eigenvalue weighted by Gasteiger charge is -1.98. The van der Waals surface area contributed by atoms with Gasteiger partial charge in [0.2, 0.25) is 0 Å². The summed E-state index contributed by atoms with van der Waals surface area (Å²) in [6.45, 7) is 0. The SMILES string of the molecule is N#Cc1cncc(-c2ccnnc2)c1. The molecular weight excluding hydrogens is 176 g/mol. The smallest absolute Gasteiger partial charge is 0.101 e. The van der Waals surface area contributed by atoms with Crippen LogP contribution in [0.2, 0.25) is 0 Å². The summed E-state index contributed by atoms with van der Waals surface area (Å²) < 4.78 is 0. The number of nitrogens with zero attached hydrogens (tertiary/aromatic N) is 4. The van der Waals surface area contributed by atoms with Crippen LogP contribution in [0.1, 0.15) is 5.56 Å². The molecule has 14 heavy (non-hydrogen) atoms. The van der Waals surface area contributed by atoms with Gasteiger partial charge in [-0.3, -0.25) is 4.98 Å². The highest BCUT2D eigenvalue weighted by Crippen LogP contribution is 2.16. The summed E-state index contributed by atoms with van der Waals surface area (Å²) in [6.07, 6.45) is 6.46. The summed E-state index contributed by atoms with van der Waals surface area (Å²) in [6, 6.07) is 5.63. The Morgan fingerprint density at radius 1 is 1.07 bits per heavy atom. The average Bonchev–Trinajstić information content (AvgIpc) is 2.30. The minimum atomic E-state index is 0.541. The maximum absolute atomic E-state index is 8.69. The zero-order chi connectivity index (χ0) is 9.80. The molecule has 0 saturated carbocycles. The molecule has 2 rings (SSSR count). The number of hydrogen-bond donors (Lipinski definition) is 0. The van der Waals surface area contributed by atoms with Crippen LogP contribution in [0.15, 0.2) is 36.9 Å². The molecule has 2 aromatic heterocycles. The van der Waals surface area contributed by atoms with Gasteiger partial charge in [-0.2, -0.15) is 15.5 Å². The third-order valence-corrected chi connectivity index (χ3v) is 1.78. The Hall–Kier alpha value is -2.28. The number of nitriles is 1. The van der Waals surface area contributed by atoms with E-state index in [4.69, 9.17) is 5.26 Å². The van der Waals surface area contributed by atoms with E-state index in [0.717, 1.165) is 11.1 Å². The van der Waals surface area contributed by atoms with E-state index in [2.05, 4.69) is 15.2 Å². The first-order valence-corrected chi connectivity index (χ1v) is 4.02. The number of hydrogen-bond acceptors (Lipinski definition) is 4. The van der Waals surface area contributed by atoms with Crippen molar-refractivity contribution >= 4 is 0 Å². The van der Waals surface area contributed by atoms with Crippen LogP contribution in [-0.2, 0) is 0 Å². The van der Waals surface area contributed by atoms with E-state index in [-0.39, 0.29) is 0 Å². The highest BCUT2D eigenvalue weighted by atomic mass is 15.1. The Bertz CT molecular complexity index is 473. The Morgan fingerprint density at radius 2 is 2.00 bits per heavy atom. The van der Waals surface area contributed by atoms with Gasteiger partial charge in [-0.1, -0.05) is 0 Å². The molecule has 0 amide bonds. The van der Waals surface area contributed by atoms with Crippen molar-refractivity contribution in [2.24, 2.45) is 0 Å². The van der Waals surface area contributed by atoms with Crippen LogP contribution < -0.4 is 0 Å². The number of rotatable bonds is 1. The molecule has 0 bridgehead atoms. The van der Waals surface area contributed by atoms with Crippen molar-refractivity contribution in [1.82, 2.24) is 15.2 Å². The fourth-order valence-electron chi connectivity index (χ4n) is 1.12. The molecule has 0 aliphatic heterocycles. The molecule has 0 aliphatic rings. The molecule has 66 valence electrons. The highest BCUT2D eigenvalue weighted by Gasteiger charge is 1.98. The van der Waals surface area contributed by atoms with Crippen LogP contribution in [0.25, 0.3) is 11.1 Å². The second kappa shape index (κ2) is 3.62. The lowest BCUT2D eigenvalue weighted by Crippen LogP contribution is -1.85. The summed E-state index contributed by atoms with van der Waals surface area (Å²) in [4.78, 5) is 3.96. The summed E-state index contributed by atoms with van der Waals surface area (Å²) in [5, 5.41) is 16.1. The van der Waals surface area contributed by atoms with Crippen LogP contribution in [0.5, 0.6) is 0 Å². The predicted octanol–water partition coefficient (Wildman–Crippen LogP) is 1.41. The van der Waals surface area contributed by atoms with E-state index in [1.165, 1.54) is 6.20 Å². The second-order valence-electron chi connectivity index (χ2n) is 2.71. The Labute approximate surface area is 80.9 Å². The van der Waals surface area contributed by atoms with Crippen molar-refractivity contribution in [3.63, 3.8) is 0 Å². The molecule has 0 N–H and O–H groups in total. The molecular formula is C10H6N4. The van der Waals surface area contributed by atoms with Gasteiger partial charge < -0.3 is 0 Å². The Balaban J connectivity index is 2.49. The molecule has 0 saturated heterocycles. The maximum Gasteiger partial charge on any atom is 0.101 e. The van der Waals surface area contributed by atoms with Crippen LogP contribution in [0, 0.1) is 11.3 Å². The van der Waals surface area contributed by atoms with Crippen molar-refractivity contribution in [3.8, 4) is 17.2 Å². The van der Waals surface area contributed by atoms with Crippen LogP contribution >= 0.6 is 0 Å². The third kappa shape index (κ3) is 1.57. The van der Waals surface area contributed by atoms with Crippen LogP contribution in [0.4, 0.5) is 0 Å². The first-order valence-electron chi connectivity index (χ1n) is 4.02. The van der Waals surface area contributed by atoms with E-state index < -0.39 is 0 Å². The molecule has 0 aliphatic carbocycles. The quantitative estimate of drug-likeness (QED) is 0.668. The van der Waals surface area contributed by atoms with E-state index in [0.29, 0.717) is 5.56 Å². The van der Waals surface area contributed by atoms with Crippen LogP contribution in [0.3, 0.4) is 0 Å². The Kier molecular flexibility index (Phi) is 2.15. The van der Waals surface area contributed by atoms with E-state index in [1.807, 2.05) is 12.1 Å². The average molecular weight is 182 g/mol. The van der Waals surface area contributed by atoms with E-state index >= 15 is 0 Å². The van der Waals surface area contributed by atoms with Gasteiger partial charge in [0.1, 0.15) is 6.07 Å². The molecule has 0 spiro atoms. The lowest BCUT2D eigenvalue weighted by molar-refractivity contribution is 1.03. The van der Waals surface area contributed by atoms with Gasteiger partial charge in [-0.05, 0) is 12.1 Å². The van der Waals surface area contributed by atoms with Gasteiger partial charge >= 0.3 is 0 Å². The molecule has 0 unspecified atom stereocenters. The topological polar surface area (TPSA) is 62.5 Å². The van der Waals surface area contributed by atoms with Crippen molar-refractivity contribution in [2.75, 3.05) is 0 Å². The largest absolute Gasteiger partial charge is 0.263 e. The van der Waals surface area contributed by atoms with Crippen molar-refractivity contribution in [3.05, 3.63) is 42.5 Å². The lowest BCUT2D eigenvalue weighted by atomic mass is 10.1. The maximum atomic E-state index is 8.69. The van der Waals surface area contributed by atoms with Gasteiger partial charge in [-0.25, -0.2) is 0 Å². The van der Waals surface area contributed by atoms with Crippen molar-refractivity contribution in [1.29, 1.82) is 5.26 Å². The molecule has 0 fully saturated rings. The van der Waals surface area contributed by atoms with Gasteiger partial charge in [-0.15, -0.1) is 0 Å². The fraction of sp³-hybridized carbons (Fsp3) is 0. The molecule has 2 aromatic rings. The molecule has 4 heteroatoms. The van der Waals surface area contributed by atoms with Gasteiger partial charge in [0.25, 0.3) is 0 Å². The summed E-state index contributed by atoms with van der Waals surface area (Å²) in [7, 11) is 0. The molecule has 4 nitrogen and oxygen atoms in total. The van der Waals surface area contributed by atoms with Gasteiger partial charge in [0.15, 0.2) is 0 Å². The first-order chi connectivity index (χ1) is 6.90. The molecule has 0 radical (unpaired) electrons. The molecule has 0 atom stereocenters. The summed E-state index contributed by atoms with van der Waals surface area (Å²) in [5.74, 6) is 0. The summed E-state index contributed by atoms with van der Waals surface area (Å²) >= 11 is 0. The van der Waals surface area contributed by atoms with Gasteiger partial charge in [0.05, 0.1) is 18.0 Å². The zero-order valence-corrected chi connectivity index (χ0v) is 7.25. The van der Waals surface area contributed by atoms with Crippen LogP contribution in [-0.4, -0.2) is 15.2 Å². The van der Waals surface area contributed by atoms with E-state index in [1.54, 1.807) is 24.7 Å². The number of pyridine rings is 1. The normalized spacial score (nSPS) is 9.36. The monoisotopic (exact) mass is 182 g/mol. The fourth-order valence-corrected chi connectivity index (χ4v) is 1.12. The summed E-state index contributed by atoms with van der Waals surface area (Å²) in [5.41, 5.74) is 2.32. The molecule has 0 aromatic carbocycles. The number of aromatic nitrogens is 3.